The summed E-state index contributed by atoms with van der Waals surface area (Å²) in [7, 11) is 3.67. The Morgan fingerprint density at radius 1 is 1.27 bits per heavy atom. The quantitative estimate of drug-likeness (QED) is 0.795. The van der Waals surface area contributed by atoms with Crippen molar-refractivity contribution in [2.75, 3.05) is 7.05 Å². The Morgan fingerprint density at radius 3 is 2.80 bits per heavy atom. The molecule has 1 aromatic carbocycles. The van der Waals surface area contributed by atoms with Crippen LogP contribution in [-0.2, 0) is 13.6 Å². The lowest BCUT2D eigenvalue weighted by atomic mass is 10.1. The van der Waals surface area contributed by atoms with Crippen LogP contribution >= 0.6 is 0 Å². The summed E-state index contributed by atoms with van der Waals surface area (Å²) in [6.45, 7) is 0.782. The molecule has 0 aliphatic rings. The van der Waals surface area contributed by atoms with Gasteiger partial charge in [-0.15, -0.1) is 0 Å². The van der Waals surface area contributed by atoms with Gasteiger partial charge in [0, 0.05) is 25.2 Å². The first-order chi connectivity index (χ1) is 7.24. The number of rotatable bonds is 2. The fourth-order valence-electron chi connectivity index (χ4n) is 1.78. The number of hydrogen-bond donors (Lipinski definition) is 1. The van der Waals surface area contributed by atoms with Crippen molar-refractivity contribution in [2.45, 2.75) is 6.54 Å². The molecule has 15 heavy (non-hydrogen) atoms. The SMILES string of the molecule is CNCc1cccc2c(=O)n(C)ccc12. The van der Waals surface area contributed by atoms with Crippen molar-refractivity contribution in [2.24, 2.45) is 7.05 Å². The van der Waals surface area contributed by atoms with Crippen LogP contribution in [-0.4, -0.2) is 11.6 Å². The molecule has 0 bridgehead atoms. The van der Waals surface area contributed by atoms with E-state index >= 15 is 0 Å². The first-order valence-corrected chi connectivity index (χ1v) is 4.96. The van der Waals surface area contributed by atoms with Gasteiger partial charge in [-0.25, -0.2) is 0 Å². The molecular formula is C12H14N2O. The molecule has 3 nitrogen and oxygen atoms in total. The van der Waals surface area contributed by atoms with E-state index in [0.717, 1.165) is 22.9 Å². The Labute approximate surface area is 88.3 Å². The summed E-state index contributed by atoms with van der Waals surface area (Å²) in [4.78, 5) is 11.8. The molecule has 1 heterocycles. The van der Waals surface area contributed by atoms with E-state index in [1.165, 1.54) is 0 Å². The van der Waals surface area contributed by atoms with Crippen LogP contribution in [0.4, 0.5) is 0 Å². The zero-order valence-corrected chi connectivity index (χ0v) is 8.95. The van der Waals surface area contributed by atoms with Gasteiger partial charge in [0.15, 0.2) is 0 Å². The number of aryl methyl sites for hydroxylation is 1. The van der Waals surface area contributed by atoms with Crippen LogP contribution in [0.1, 0.15) is 5.56 Å². The van der Waals surface area contributed by atoms with Crippen LogP contribution in [0.25, 0.3) is 10.8 Å². The molecule has 78 valence electrons. The molecular weight excluding hydrogens is 188 g/mol. The summed E-state index contributed by atoms with van der Waals surface area (Å²) in [5, 5.41) is 4.92. The molecule has 0 spiro atoms. The van der Waals surface area contributed by atoms with Crippen molar-refractivity contribution in [1.29, 1.82) is 0 Å². The highest BCUT2D eigenvalue weighted by Gasteiger charge is 2.03. The largest absolute Gasteiger partial charge is 0.318 e. The van der Waals surface area contributed by atoms with Crippen molar-refractivity contribution >= 4 is 10.8 Å². The first kappa shape index (κ1) is 9.93. The van der Waals surface area contributed by atoms with E-state index in [1.54, 1.807) is 11.6 Å². The van der Waals surface area contributed by atoms with Crippen molar-refractivity contribution in [1.82, 2.24) is 9.88 Å². The molecule has 1 aromatic heterocycles. The number of fused-ring (bicyclic) bond motifs is 1. The van der Waals surface area contributed by atoms with E-state index in [2.05, 4.69) is 5.32 Å². The van der Waals surface area contributed by atoms with E-state index < -0.39 is 0 Å². The molecule has 2 rings (SSSR count). The van der Waals surface area contributed by atoms with Gasteiger partial charge in [0.1, 0.15) is 0 Å². The van der Waals surface area contributed by atoms with E-state index in [-0.39, 0.29) is 5.56 Å². The third kappa shape index (κ3) is 1.66. The minimum absolute atomic E-state index is 0.0606. The average molecular weight is 202 g/mol. The zero-order chi connectivity index (χ0) is 10.8. The Bertz CT molecular complexity index is 543. The van der Waals surface area contributed by atoms with Crippen molar-refractivity contribution in [3.05, 3.63) is 46.4 Å². The third-order valence-corrected chi connectivity index (χ3v) is 2.58. The smallest absolute Gasteiger partial charge is 0.258 e. The Kier molecular flexibility index (Phi) is 2.56. The number of benzene rings is 1. The van der Waals surface area contributed by atoms with Gasteiger partial charge in [-0.1, -0.05) is 12.1 Å². The average Bonchev–Trinajstić information content (AvgIpc) is 2.25. The normalized spacial score (nSPS) is 10.8. The summed E-state index contributed by atoms with van der Waals surface area (Å²) in [5.41, 5.74) is 1.22. The van der Waals surface area contributed by atoms with Crippen LogP contribution in [0.2, 0.25) is 0 Å². The second-order valence-corrected chi connectivity index (χ2v) is 3.64. The number of nitrogens with zero attached hydrogens (tertiary/aromatic N) is 1. The molecule has 0 saturated carbocycles. The summed E-state index contributed by atoms with van der Waals surface area (Å²) in [6, 6.07) is 7.83. The topological polar surface area (TPSA) is 34.0 Å². The molecule has 0 amide bonds. The van der Waals surface area contributed by atoms with Crippen LogP contribution in [0.5, 0.6) is 0 Å². The predicted molar refractivity (Wildman–Crippen MR) is 62.0 cm³/mol. The monoisotopic (exact) mass is 202 g/mol. The Morgan fingerprint density at radius 2 is 2.07 bits per heavy atom. The molecule has 0 aliphatic carbocycles. The lowest BCUT2D eigenvalue weighted by Crippen LogP contribution is -2.16. The molecule has 1 N–H and O–H groups in total. The molecule has 0 atom stereocenters. The molecule has 0 radical (unpaired) electrons. The fourth-order valence-corrected chi connectivity index (χ4v) is 1.78. The highest BCUT2D eigenvalue weighted by molar-refractivity contribution is 5.84. The molecule has 3 heteroatoms. The summed E-state index contributed by atoms with van der Waals surface area (Å²) >= 11 is 0. The molecule has 0 aliphatic heterocycles. The molecule has 2 aromatic rings. The van der Waals surface area contributed by atoms with Crippen LogP contribution in [0, 0.1) is 0 Å². The highest BCUT2D eigenvalue weighted by atomic mass is 16.1. The van der Waals surface area contributed by atoms with E-state index in [4.69, 9.17) is 0 Å². The predicted octanol–water partition coefficient (Wildman–Crippen LogP) is 1.26. The van der Waals surface area contributed by atoms with Crippen LogP contribution in [0.15, 0.2) is 35.3 Å². The second-order valence-electron chi connectivity index (χ2n) is 3.64. The zero-order valence-electron chi connectivity index (χ0n) is 8.95. The molecule has 0 saturated heterocycles. The van der Waals surface area contributed by atoms with Gasteiger partial charge >= 0.3 is 0 Å². The maximum absolute atomic E-state index is 11.8. The number of aromatic nitrogens is 1. The maximum atomic E-state index is 11.8. The minimum Gasteiger partial charge on any atom is -0.318 e. The summed E-state index contributed by atoms with van der Waals surface area (Å²) < 4.78 is 1.60. The van der Waals surface area contributed by atoms with Gasteiger partial charge in [-0.2, -0.15) is 0 Å². The molecule has 0 unspecified atom stereocenters. The number of pyridine rings is 1. The van der Waals surface area contributed by atoms with Crippen molar-refractivity contribution in [3.63, 3.8) is 0 Å². The van der Waals surface area contributed by atoms with Crippen molar-refractivity contribution in [3.8, 4) is 0 Å². The maximum Gasteiger partial charge on any atom is 0.258 e. The fraction of sp³-hybridized carbons (Fsp3) is 0.250. The second kappa shape index (κ2) is 3.87. The van der Waals surface area contributed by atoms with Gasteiger partial charge in [-0.3, -0.25) is 4.79 Å². The van der Waals surface area contributed by atoms with Gasteiger partial charge in [-0.05, 0) is 30.1 Å². The lowest BCUT2D eigenvalue weighted by Gasteiger charge is -2.06. The Hall–Kier alpha value is -1.61. The van der Waals surface area contributed by atoms with E-state index in [0.29, 0.717) is 0 Å². The van der Waals surface area contributed by atoms with Crippen LogP contribution < -0.4 is 10.9 Å². The summed E-state index contributed by atoms with van der Waals surface area (Å²) in [5.74, 6) is 0. The lowest BCUT2D eigenvalue weighted by molar-refractivity contribution is 0.821. The number of nitrogens with one attached hydrogen (secondary N) is 1. The van der Waals surface area contributed by atoms with Gasteiger partial charge < -0.3 is 9.88 Å². The highest BCUT2D eigenvalue weighted by Crippen LogP contribution is 2.14. The standard InChI is InChI=1S/C12H14N2O/c1-13-8-9-4-3-5-11-10(9)6-7-14(2)12(11)15/h3-7,13H,8H2,1-2H3. The Balaban J connectivity index is 2.77. The van der Waals surface area contributed by atoms with Gasteiger partial charge in [0.25, 0.3) is 5.56 Å². The first-order valence-electron chi connectivity index (χ1n) is 4.96. The van der Waals surface area contributed by atoms with Crippen molar-refractivity contribution < 1.29 is 0 Å². The van der Waals surface area contributed by atoms with E-state index in [9.17, 15) is 4.79 Å². The van der Waals surface area contributed by atoms with Gasteiger partial charge in [0.2, 0.25) is 0 Å². The van der Waals surface area contributed by atoms with Crippen LogP contribution in [0.3, 0.4) is 0 Å². The third-order valence-electron chi connectivity index (χ3n) is 2.58. The molecule has 0 fully saturated rings. The van der Waals surface area contributed by atoms with Gasteiger partial charge in [0.05, 0.1) is 0 Å². The number of hydrogen-bond acceptors (Lipinski definition) is 2. The summed E-state index contributed by atoms with van der Waals surface area (Å²) in [6.07, 6.45) is 1.81. The minimum atomic E-state index is 0.0606. The van der Waals surface area contributed by atoms with E-state index in [1.807, 2.05) is 37.5 Å².